The number of aromatic nitrogens is 3. The molecule has 2 heterocycles. The first-order valence-corrected chi connectivity index (χ1v) is 4.79. The number of anilines is 1. The molecule has 0 aliphatic carbocycles. The summed E-state index contributed by atoms with van der Waals surface area (Å²) in [5, 5.41) is 4.19. The van der Waals surface area contributed by atoms with Gasteiger partial charge in [0.25, 0.3) is 0 Å². The number of nitrogens with two attached hydrogens (primary N) is 1. The number of hydrogen-bond donors (Lipinski definition) is 2. The summed E-state index contributed by atoms with van der Waals surface area (Å²) in [6.45, 7) is 2.90. The molecule has 3 N–H and O–H groups in total. The molecule has 0 bridgehead atoms. The van der Waals surface area contributed by atoms with Gasteiger partial charge in [-0.2, -0.15) is 5.10 Å². The van der Waals surface area contributed by atoms with Crippen LogP contribution in [-0.2, 0) is 6.54 Å². The molecule has 15 heavy (non-hydrogen) atoms. The highest BCUT2D eigenvalue weighted by Gasteiger charge is 2.02. The Hall–Kier alpha value is -1.88. The number of nitrogens with one attached hydrogen (secondary N) is 1. The van der Waals surface area contributed by atoms with Crippen molar-refractivity contribution < 1.29 is 0 Å². The molecule has 0 saturated heterocycles. The van der Waals surface area contributed by atoms with Gasteiger partial charge in [0.15, 0.2) is 0 Å². The second-order valence-electron chi connectivity index (χ2n) is 3.16. The van der Waals surface area contributed by atoms with Gasteiger partial charge in [-0.1, -0.05) is 0 Å². The molecule has 78 valence electrons. The highest BCUT2D eigenvalue weighted by Crippen LogP contribution is 2.18. The van der Waals surface area contributed by atoms with Gasteiger partial charge in [-0.25, -0.2) is 0 Å². The van der Waals surface area contributed by atoms with E-state index in [4.69, 9.17) is 5.84 Å². The summed E-state index contributed by atoms with van der Waals surface area (Å²) in [6, 6.07) is 3.70. The van der Waals surface area contributed by atoms with Gasteiger partial charge < -0.3 is 5.43 Å². The minimum Gasteiger partial charge on any atom is -0.324 e. The summed E-state index contributed by atoms with van der Waals surface area (Å²) in [5.41, 5.74) is 5.29. The Morgan fingerprint density at radius 2 is 2.40 bits per heavy atom. The van der Waals surface area contributed by atoms with Gasteiger partial charge in [0.05, 0.1) is 17.6 Å². The maximum absolute atomic E-state index is 5.33. The number of hydrazine groups is 1. The third-order valence-corrected chi connectivity index (χ3v) is 2.18. The molecule has 0 fully saturated rings. The van der Waals surface area contributed by atoms with Crippen molar-refractivity contribution in [2.45, 2.75) is 13.5 Å². The lowest BCUT2D eigenvalue weighted by molar-refractivity contribution is 0.660. The standard InChI is InChI=1S/C10H13N5/c1-2-15-7-8(6-13-15)10-5-9(14-11)3-4-12-10/h3-7H,2,11H2,1H3,(H,12,14). The lowest BCUT2D eigenvalue weighted by Crippen LogP contribution is -2.06. The van der Waals surface area contributed by atoms with Crippen molar-refractivity contribution >= 4 is 5.69 Å². The molecule has 0 atom stereocenters. The Kier molecular flexibility index (Phi) is 2.64. The van der Waals surface area contributed by atoms with Gasteiger partial charge in [0.1, 0.15) is 0 Å². The predicted octanol–water partition coefficient (Wildman–Crippen LogP) is 1.25. The zero-order valence-electron chi connectivity index (χ0n) is 8.51. The van der Waals surface area contributed by atoms with E-state index in [1.807, 2.05) is 29.9 Å². The highest BCUT2D eigenvalue weighted by atomic mass is 15.3. The summed E-state index contributed by atoms with van der Waals surface area (Å²) in [7, 11) is 0. The van der Waals surface area contributed by atoms with E-state index < -0.39 is 0 Å². The van der Waals surface area contributed by atoms with Gasteiger partial charge >= 0.3 is 0 Å². The van der Waals surface area contributed by atoms with E-state index in [1.165, 1.54) is 0 Å². The molecule has 2 rings (SSSR count). The third kappa shape index (κ3) is 1.97. The van der Waals surface area contributed by atoms with Crippen LogP contribution in [0.15, 0.2) is 30.7 Å². The number of rotatable bonds is 3. The van der Waals surface area contributed by atoms with Crippen LogP contribution in [0.25, 0.3) is 11.3 Å². The van der Waals surface area contributed by atoms with Crippen LogP contribution in [0, 0.1) is 0 Å². The Morgan fingerprint density at radius 3 is 3.07 bits per heavy atom. The zero-order valence-corrected chi connectivity index (χ0v) is 8.51. The van der Waals surface area contributed by atoms with Crippen molar-refractivity contribution in [3.05, 3.63) is 30.7 Å². The maximum atomic E-state index is 5.33. The Morgan fingerprint density at radius 1 is 1.53 bits per heavy atom. The van der Waals surface area contributed by atoms with Crippen molar-refractivity contribution in [2.75, 3.05) is 5.43 Å². The molecule has 0 saturated carbocycles. The SMILES string of the molecule is CCn1cc(-c2cc(NN)ccn2)cn1. The van der Waals surface area contributed by atoms with Crippen molar-refractivity contribution in [1.82, 2.24) is 14.8 Å². The summed E-state index contributed by atoms with van der Waals surface area (Å²) in [6.07, 6.45) is 5.47. The molecule has 0 aromatic carbocycles. The van der Waals surface area contributed by atoms with Crippen molar-refractivity contribution in [3.8, 4) is 11.3 Å². The van der Waals surface area contributed by atoms with E-state index in [2.05, 4.69) is 15.5 Å². The van der Waals surface area contributed by atoms with E-state index in [0.717, 1.165) is 23.5 Å². The number of pyridine rings is 1. The van der Waals surface area contributed by atoms with Crippen LogP contribution in [0.1, 0.15) is 6.92 Å². The monoisotopic (exact) mass is 203 g/mol. The average Bonchev–Trinajstić information content (AvgIpc) is 2.78. The number of nitrogens with zero attached hydrogens (tertiary/aromatic N) is 3. The average molecular weight is 203 g/mol. The molecule has 0 unspecified atom stereocenters. The molecule has 0 radical (unpaired) electrons. The minimum absolute atomic E-state index is 0.837. The first-order chi connectivity index (χ1) is 7.33. The fraction of sp³-hybridized carbons (Fsp3) is 0.200. The smallest absolute Gasteiger partial charge is 0.0754 e. The summed E-state index contributed by atoms with van der Waals surface area (Å²) in [5.74, 6) is 5.33. The van der Waals surface area contributed by atoms with Crippen LogP contribution in [0.3, 0.4) is 0 Å². The Bertz CT molecular complexity index is 449. The Labute approximate surface area is 87.9 Å². The van der Waals surface area contributed by atoms with Gasteiger partial charge in [0, 0.05) is 24.5 Å². The van der Waals surface area contributed by atoms with E-state index in [0.29, 0.717) is 0 Å². The normalized spacial score (nSPS) is 10.3. The van der Waals surface area contributed by atoms with Crippen LogP contribution in [-0.4, -0.2) is 14.8 Å². The second-order valence-corrected chi connectivity index (χ2v) is 3.16. The lowest BCUT2D eigenvalue weighted by atomic mass is 10.2. The molecule has 0 amide bonds. The Balaban J connectivity index is 2.35. The fourth-order valence-corrected chi connectivity index (χ4v) is 1.35. The summed E-state index contributed by atoms with van der Waals surface area (Å²) in [4.78, 5) is 4.26. The third-order valence-electron chi connectivity index (χ3n) is 2.18. The first-order valence-electron chi connectivity index (χ1n) is 4.79. The van der Waals surface area contributed by atoms with E-state index >= 15 is 0 Å². The lowest BCUT2D eigenvalue weighted by Gasteiger charge is -2.01. The van der Waals surface area contributed by atoms with Crippen molar-refractivity contribution in [1.29, 1.82) is 0 Å². The molecule has 0 spiro atoms. The fourth-order valence-electron chi connectivity index (χ4n) is 1.35. The van der Waals surface area contributed by atoms with Gasteiger partial charge in [-0.15, -0.1) is 0 Å². The highest BCUT2D eigenvalue weighted by molar-refractivity contribution is 5.62. The van der Waals surface area contributed by atoms with Crippen LogP contribution in [0.5, 0.6) is 0 Å². The van der Waals surface area contributed by atoms with E-state index in [9.17, 15) is 0 Å². The number of hydrogen-bond acceptors (Lipinski definition) is 4. The van der Waals surface area contributed by atoms with Crippen LogP contribution >= 0.6 is 0 Å². The van der Waals surface area contributed by atoms with Crippen LogP contribution < -0.4 is 11.3 Å². The van der Waals surface area contributed by atoms with E-state index in [1.54, 1.807) is 12.4 Å². The molecule has 2 aromatic heterocycles. The molecular formula is C10H13N5. The molecule has 5 heteroatoms. The van der Waals surface area contributed by atoms with Gasteiger partial charge in [-0.05, 0) is 19.1 Å². The summed E-state index contributed by atoms with van der Waals surface area (Å²) < 4.78 is 1.86. The number of aryl methyl sites for hydroxylation is 1. The molecule has 0 aliphatic rings. The summed E-state index contributed by atoms with van der Waals surface area (Å²) >= 11 is 0. The van der Waals surface area contributed by atoms with E-state index in [-0.39, 0.29) is 0 Å². The van der Waals surface area contributed by atoms with Crippen molar-refractivity contribution in [3.63, 3.8) is 0 Å². The van der Waals surface area contributed by atoms with Crippen LogP contribution in [0.2, 0.25) is 0 Å². The molecule has 0 aliphatic heterocycles. The molecular weight excluding hydrogens is 190 g/mol. The topological polar surface area (TPSA) is 68.8 Å². The number of nitrogen functional groups attached to an aromatic ring is 1. The molecule has 2 aromatic rings. The van der Waals surface area contributed by atoms with Gasteiger partial charge in [0.2, 0.25) is 0 Å². The van der Waals surface area contributed by atoms with Crippen LogP contribution in [0.4, 0.5) is 5.69 Å². The second kappa shape index (κ2) is 4.10. The minimum atomic E-state index is 0.837. The largest absolute Gasteiger partial charge is 0.324 e. The molecule has 5 nitrogen and oxygen atoms in total. The maximum Gasteiger partial charge on any atom is 0.0754 e. The first kappa shape index (κ1) is 9.67. The zero-order chi connectivity index (χ0) is 10.7. The predicted molar refractivity (Wildman–Crippen MR) is 58.9 cm³/mol. The quantitative estimate of drug-likeness (QED) is 0.582. The van der Waals surface area contributed by atoms with Crippen molar-refractivity contribution in [2.24, 2.45) is 5.84 Å². The van der Waals surface area contributed by atoms with Gasteiger partial charge in [-0.3, -0.25) is 15.5 Å².